The van der Waals surface area contributed by atoms with Crippen molar-refractivity contribution in [2.45, 2.75) is 18.4 Å². The number of hydrogen-bond donors (Lipinski definition) is 2. The lowest BCUT2D eigenvalue weighted by Gasteiger charge is -2.11. The zero-order valence-corrected chi connectivity index (χ0v) is 17.5. The van der Waals surface area contributed by atoms with Crippen molar-refractivity contribution >= 4 is 31.9 Å². The van der Waals surface area contributed by atoms with Gasteiger partial charge >= 0.3 is 5.97 Å². The van der Waals surface area contributed by atoms with Gasteiger partial charge in [-0.25, -0.2) is 27.3 Å². The molecule has 0 amide bonds. The Hall–Kier alpha value is -2.63. The van der Waals surface area contributed by atoms with E-state index in [9.17, 15) is 17.6 Å². The van der Waals surface area contributed by atoms with Crippen LogP contribution in [0.2, 0.25) is 0 Å². The number of carbonyl (C=O) groups excluding carboxylic acids is 1. The van der Waals surface area contributed by atoms with Gasteiger partial charge in [0.25, 0.3) is 0 Å². The molecule has 152 valence electrons. The van der Waals surface area contributed by atoms with E-state index >= 15 is 0 Å². The normalized spacial score (nSPS) is 11.4. The van der Waals surface area contributed by atoms with Crippen molar-refractivity contribution in [3.05, 3.63) is 64.1 Å². The summed E-state index contributed by atoms with van der Waals surface area (Å²) >= 11 is 3.05. The number of benzene rings is 2. The van der Waals surface area contributed by atoms with Gasteiger partial charge < -0.3 is 4.74 Å². The lowest BCUT2D eigenvalue weighted by atomic mass is 10.1. The van der Waals surface area contributed by atoms with Gasteiger partial charge in [-0.3, -0.25) is 5.10 Å². The maximum Gasteiger partial charge on any atom is 0.339 e. The molecule has 29 heavy (non-hydrogen) atoms. The molecule has 8 nitrogen and oxygen atoms in total. The Bertz CT molecular complexity index is 1140. The maximum absolute atomic E-state index is 14.3. The Labute approximate surface area is 174 Å². The van der Waals surface area contributed by atoms with Gasteiger partial charge in [0.15, 0.2) is 5.82 Å². The van der Waals surface area contributed by atoms with Crippen LogP contribution >= 0.6 is 15.9 Å². The van der Waals surface area contributed by atoms with Crippen molar-refractivity contribution in [1.82, 2.24) is 19.9 Å². The van der Waals surface area contributed by atoms with Gasteiger partial charge in [-0.1, -0.05) is 18.2 Å². The third kappa shape index (κ3) is 4.86. The molecule has 2 aromatic carbocycles. The Morgan fingerprint density at radius 2 is 2.10 bits per heavy atom. The van der Waals surface area contributed by atoms with Gasteiger partial charge in [0, 0.05) is 16.6 Å². The SMILES string of the molecule is CCOC(=O)c1cc(S(=O)(=O)NCc2cccc(-c3ncn[nH]3)c2)c(F)cc1Br. The fraction of sp³-hybridized carbons (Fsp3) is 0.167. The number of halogens is 2. The summed E-state index contributed by atoms with van der Waals surface area (Å²) in [5, 5.41) is 6.50. The van der Waals surface area contributed by atoms with Crippen LogP contribution in [0.25, 0.3) is 11.4 Å². The Balaban J connectivity index is 1.84. The molecule has 1 aromatic heterocycles. The molecular weight excluding hydrogens is 467 g/mol. The van der Waals surface area contributed by atoms with Crippen LogP contribution in [0.4, 0.5) is 4.39 Å². The molecule has 3 aromatic rings. The highest BCUT2D eigenvalue weighted by Crippen LogP contribution is 2.25. The third-order valence-electron chi connectivity index (χ3n) is 3.89. The standard InChI is InChI=1S/C18H16BrFN4O4S/c1-2-28-18(25)13-7-16(15(20)8-14(13)19)29(26,27)23-9-11-4-3-5-12(6-11)17-21-10-22-24-17/h3-8,10,23H,2,9H2,1H3,(H,21,22,24). The largest absolute Gasteiger partial charge is 0.462 e. The molecule has 0 saturated carbocycles. The summed E-state index contributed by atoms with van der Waals surface area (Å²) < 4.78 is 46.9. The molecule has 0 aliphatic carbocycles. The molecule has 0 unspecified atom stereocenters. The maximum atomic E-state index is 14.3. The zero-order valence-electron chi connectivity index (χ0n) is 15.1. The fourth-order valence-electron chi connectivity index (χ4n) is 2.53. The monoisotopic (exact) mass is 482 g/mol. The number of ether oxygens (including phenoxy) is 1. The first-order valence-electron chi connectivity index (χ1n) is 8.42. The van der Waals surface area contributed by atoms with Crippen LogP contribution in [0.3, 0.4) is 0 Å². The van der Waals surface area contributed by atoms with E-state index in [2.05, 4.69) is 35.8 Å². The number of nitrogens with one attached hydrogen (secondary N) is 2. The summed E-state index contributed by atoms with van der Waals surface area (Å²) in [4.78, 5) is 15.4. The number of H-pyrrole nitrogens is 1. The molecule has 0 aliphatic rings. The van der Waals surface area contributed by atoms with E-state index in [4.69, 9.17) is 4.74 Å². The van der Waals surface area contributed by atoms with E-state index in [0.29, 0.717) is 11.4 Å². The number of sulfonamides is 1. The third-order valence-corrected chi connectivity index (χ3v) is 5.96. The Kier molecular flexibility index (Phi) is 6.40. The molecule has 0 saturated heterocycles. The molecule has 3 rings (SSSR count). The molecule has 2 N–H and O–H groups in total. The minimum absolute atomic E-state index is 0.0825. The molecule has 0 fully saturated rings. The van der Waals surface area contributed by atoms with Crippen molar-refractivity contribution in [2.75, 3.05) is 6.61 Å². The first kappa shape index (κ1) is 21.1. The highest BCUT2D eigenvalue weighted by Gasteiger charge is 2.24. The average Bonchev–Trinajstić information content (AvgIpc) is 3.21. The van der Waals surface area contributed by atoms with Crippen LogP contribution in [-0.4, -0.2) is 36.2 Å². The molecule has 0 atom stereocenters. The van der Waals surface area contributed by atoms with Crippen molar-refractivity contribution in [3.8, 4) is 11.4 Å². The van der Waals surface area contributed by atoms with Gasteiger partial charge in [0.2, 0.25) is 10.0 Å². The quantitative estimate of drug-likeness (QED) is 0.500. The molecule has 0 bridgehead atoms. The molecule has 11 heteroatoms. The lowest BCUT2D eigenvalue weighted by molar-refractivity contribution is 0.0525. The van der Waals surface area contributed by atoms with Crippen LogP contribution in [0, 0.1) is 5.82 Å². The van der Waals surface area contributed by atoms with Crippen molar-refractivity contribution < 1.29 is 22.3 Å². The molecule has 1 heterocycles. The smallest absolute Gasteiger partial charge is 0.339 e. The Morgan fingerprint density at radius 3 is 2.79 bits per heavy atom. The summed E-state index contributed by atoms with van der Waals surface area (Å²) in [5.41, 5.74) is 1.27. The highest BCUT2D eigenvalue weighted by molar-refractivity contribution is 9.10. The van der Waals surface area contributed by atoms with Crippen LogP contribution in [0.15, 0.2) is 52.1 Å². The minimum Gasteiger partial charge on any atom is -0.462 e. The number of nitrogens with zero attached hydrogens (tertiary/aromatic N) is 2. The van der Waals surface area contributed by atoms with E-state index in [0.717, 1.165) is 17.7 Å². The summed E-state index contributed by atoms with van der Waals surface area (Å²) in [6.45, 7) is 1.63. The predicted octanol–water partition coefficient (Wildman–Crippen LogP) is 3.03. The minimum atomic E-state index is -4.23. The second-order valence-electron chi connectivity index (χ2n) is 5.84. The summed E-state index contributed by atoms with van der Waals surface area (Å²) in [6, 6.07) is 8.84. The summed E-state index contributed by atoms with van der Waals surface area (Å²) in [7, 11) is -4.23. The fourth-order valence-corrected chi connectivity index (χ4v) is 4.11. The van der Waals surface area contributed by atoms with Gasteiger partial charge in [-0.15, -0.1) is 0 Å². The first-order chi connectivity index (χ1) is 13.8. The number of aromatic nitrogens is 3. The van der Waals surface area contributed by atoms with E-state index in [-0.39, 0.29) is 23.2 Å². The van der Waals surface area contributed by atoms with Crippen LogP contribution in [-0.2, 0) is 21.3 Å². The van der Waals surface area contributed by atoms with E-state index in [1.807, 2.05) is 0 Å². The van der Waals surface area contributed by atoms with Crippen molar-refractivity contribution in [1.29, 1.82) is 0 Å². The van der Waals surface area contributed by atoms with Crippen molar-refractivity contribution in [2.24, 2.45) is 0 Å². The number of aromatic amines is 1. The van der Waals surface area contributed by atoms with E-state index in [1.165, 1.54) is 6.33 Å². The predicted molar refractivity (Wildman–Crippen MR) is 106 cm³/mol. The van der Waals surface area contributed by atoms with E-state index < -0.39 is 26.7 Å². The second kappa shape index (κ2) is 8.80. The number of rotatable bonds is 7. The molecular formula is C18H16BrFN4O4S. The number of carbonyl (C=O) groups is 1. The molecule has 0 aliphatic heterocycles. The number of hydrogen-bond acceptors (Lipinski definition) is 6. The van der Waals surface area contributed by atoms with Gasteiger partial charge in [0.05, 0.1) is 12.2 Å². The van der Waals surface area contributed by atoms with Crippen molar-refractivity contribution in [3.63, 3.8) is 0 Å². The summed E-state index contributed by atoms with van der Waals surface area (Å²) in [5.74, 6) is -1.21. The van der Waals surface area contributed by atoms with Gasteiger partial charge in [0.1, 0.15) is 17.0 Å². The average molecular weight is 483 g/mol. The van der Waals surface area contributed by atoms with Gasteiger partial charge in [-0.05, 0) is 46.6 Å². The highest BCUT2D eigenvalue weighted by atomic mass is 79.9. The topological polar surface area (TPSA) is 114 Å². The second-order valence-corrected chi connectivity index (χ2v) is 8.43. The van der Waals surface area contributed by atoms with Gasteiger partial charge in [-0.2, -0.15) is 5.10 Å². The number of esters is 1. The first-order valence-corrected chi connectivity index (χ1v) is 10.7. The molecule has 0 radical (unpaired) electrons. The Morgan fingerprint density at radius 1 is 1.31 bits per heavy atom. The lowest BCUT2D eigenvalue weighted by Crippen LogP contribution is -2.25. The van der Waals surface area contributed by atoms with Crippen LogP contribution in [0.5, 0.6) is 0 Å². The zero-order chi connectivity index (χ0) is 21.0. The van der Waals surface area contributed by atoms with E-state index in [1.54, 1.807) is 31.2 Å². The summed E-state index contributed by atoms with van der Waals surface area (Å²) in [6.07, 6.45) is 1.36. The van der Waals surface area contributed by atoms with Crippen LogP contribution < -0.4 is 4.72 Å². The molecule has 0 spiro atoms. The van der Waals surface area contributed by atoms with Crippen LogP contribution in [0.1, 0.15) is 22.8 Å².